The molecular formula is C13H17N3O3. The van der Waals surface area contributed by atoms with Gasteiger partial charge >= 0.3 is 5.97 Å². The van der Waals surface area contributed by atoms with E-state index in [0.717, 1.165) is 16.7 Å². The maximum atomic E-state index is 11.2. The van der Waals surface area contributed by atoms with Crippen LogP contribution in [0.4, 0.5) is 0 Å². The average Bonchev–Trinajstić information content (AvgIpc) is 2.79. The first-order valence-corrected chi connectivity index (χ1v) is 6.11. The normalized spacial score (nSPS) is 10.6. The molecule has 0 saturated carbocycles. The number of benzene rings is 1. The Bertz CT molecular complexity index is 565. The summed E-state index contributed by atoms with van der Waals surface area (Å²) in [6.45, 7) is 3.13. The average molecular weight is 263 g/mol. The Balaban J connectivity index is 2.10. The summed E-state index contributed by atoms with van der Waals surface area (Å²) < 4.78 is 7.44. The van der Waals surface area contributed by atoms with Gasteiger partial charge in [0.2, 0.25) is 0 Å². The number of ether oxygens (including phenoxy) is 1. The van der Waals surface area contributed by atoms with E-state index in [1.807, 2.05) is 47.5 Å². The van der Waals surface area contributed by atoms with Crippen molar-refractivity contribution in [3.05, 3.63) is 30.5 Å². The molecule has 0 aliphatic rings. The Hall–Kier alpha value is -2.05. The fourth-order valence-electron chi connectivity index (χ4n) is 1.96. The lowest BCUT2D eigenvalue weighted by molar-refractivity contribution is -0.151. The van der Waals surface area contributed by atoms with E-state index < -0.39 is 5.97 Å². The summed E-state index contributed by atoms with van der Waals surface area (Å²) in [5.41, 5.74) is 2.93. The first kappa shape index (κ1) is 13.4. The van der Waals surface area contributed by atoms with Crippen molar-refractivity contribution in [1.82, 2.24) is 10.2 Å². The highest BCUT2D eigenvalue weighted by atomic mass is 16.7. The van der Waals surface area contributed by atoms with Crippen LogP contribution in [-0.4, -0.2) is 17.1 Å². The van der Waals surface area contributed by atoms with Gasteiger partial charge in [0.25, 0.3) is 0 Å². The molecule has 0 unspecified atom stereocenters. The van der Waals surface area contributed by atoms with Gasteiger partial charge in [-0.3, -0.25) is 4.79 Å². The zero-order chi connectivity index (χ0) is 13.7. The van der Waals surface area contributed by atoms with E-state index in [9.17, 15) is 4.79 Å². The number of nitrogens with one attached hydrogen (secondary N) is 1. The Kier molecular flexibility index (Phi) is 4.38. The molecule has 102 valence electrons. The minimum atomic E-state index is -0.393. The van der Waals surface area contributed by atoms with Crippen LogP contribution in [0.3, 0.4) is 0 Å². The van der Waals surface area contributed by atoms with E-state index >= 15 is 0 Å². The summed E-state index contributed by atoms with van der Waals surface area (Å²) >= 11 is 0. The monoisotopic (exact) mass is 263 g/mol. The number of aryl methyl sites for hydroxylation is 1. The first-order valence-electron chi connectivity index (χ1n) is 6.11. The molecule has 0 aliphatic heterocycles. The van der Waals surface area contributed by atoms with Crippen molar-refractivity contribution in [2.75, 3.05) is 6.61 Å². The number of hydrogen-bond donors (Lipinski definition) is 2. The maximum Gasteiger partial charge on any atom is 0.328 e. The molecule has 19 heavy (non-hydrogen) atoms. The van der Waals surface area contributed by atoms with Crippen molar-refractivity contribution in [3.8, 4) is 5.75 Å². The van der Waals surface area contributed by atoms with Crippen LogP contribution in [0, 0.1) is 0 Å². The molecule has 0 atom stereocenters. The Morgan fingerprint density at radius 1 is 1.42 bits per heavy atom. The third-order valence-electron chi connectivity index (χ3n) is 2.78. The van der Waals surface area contributed by atoms with E-state index in [2.05, 4.69) is 4.84 Å². The molecule has 0 amide bonds. The Morgan fingerprint density at radius 2 is 2.26 bits per heavy atom. The molecule has 0 bridgehead atoms. The second kappa shape index (κ2) is 6.21. The number of rotatable bonds is 6. The van der Waals surface area contributed by atoms with Crippen LogP contribution in [0.5, 0.6) is 5.75 Å². The number of fused-ring (bicyclic) bond motifs is 1. The molecule has 6 heteroatoms. The molecule has 0 radical (unpaired) electrons. The lowest BCUT2D eigenvalue weighted by atomic mass is 10.2. The van der Waals surface area contributed by atoms with Gasteiger partial charge < -0.3 is 14.1 Å². The SMILES string of the molecule is CCOc1ccc2c(ccn2CCC(=O)ONN)c1. The molecule has 2 aromatic rings. The van der Waals surface area contributed by atoms with Crippen LogP contribution in [0.1, 0.15) is 13.3 Å². The quantitative estimate of drug-likeness (QED) is 0.607. The number of hydrazine groups is 1. The van der Waals surface area contributed by atoms with Crippen molar-refractivity contribution in [2.45, 2.75) is 19.9 Å². The predicted molar refractivity (Wildman–Crippen MR) is 71.1 cm³/mol. The Morgan fingerprint density at radius 3 is 3.00 bits per heavy atom. The smallest absolute Gasteiger partial charge is 0.328 e. The summed E-state index contributed by atoms with van der Waals surface area (Å²) in [6, 6.07) is 7.87. The third kappa shape index (κ3) is 3.24. The van der Waals surface area contributed by atoms with E-state index in [1.165, 1.54) is 0 Å². The van der Waals surface area contributed by atoms with Gasteiger partial charge in [0, 0.05) is 23.6 Å². The highest BCUT2D eigenvalue weighted by molar-refractivity contribution is 5.81. The fraction of sp³-hybridized carbons (Fsp3) is 0.308. The van der Waals surface area contributed by atoms with Gasteiger partial charge in [0.05, 0.1) is 13.0 Å². The molecule has 6 nitrogen and oxygen atoms in total. The minimum Gasteiger partial charge on any atom is -0.494 e. The molecule has 0 saturated heterocycles. The summed E-state index contributed by atoms with van der Waals surface area (Å²) in [6.07, 6.45) is 2.19. The van der Waals surface area contributed by atoms with E-state index in [4.69, 9.17) is 10.6 Å². The van der Waals surface area contributed by atoms with Crippen LogP contribution < -0.4 is 16.2 Å². The van der Waals surface area contributed by atoms with Gasteiger partial charge in [0.1, 0.15) is 5.75 Å². The topological polar surface area (TPSA) is 78.5 Å². The van der Waals surface area contributed by atoms with Gasteiger partial charge in [-0.15, -0.1) is 0 Å². The largest absolute Gasteiger partial charge is 0.494 e. The first-order chi connectivity index (χ1) is 9.24. The van der Waals surface area contributed by atoms with Crippen LogP contribution in [0.25, 0.3) is 10.9 Å². The summed E-state index contributed by atoms with van der Waals surface area (Å²) in [5, 5.41) is 1.08. The predicted octanol–water partition coefficient (Wildman–Crippen LogP) is 1.35. The molecule has 1 heterocycles. The number of carbonyl (C=O) groups excluding carboxylic acids is 1. The highest BCUT2D eigenvalue weighted by Crippen LogP contribution is 2.22. The standard InChI is InChI=1S/C13H17N3O3/c1-2-18-11-3-4-12-10(9-11)5-7-16(12)8-6-13(17)19-15-14/h3-5,7,9,15H,2,6,8,14H2,1H3. The highest BCUT2D eigenvalue weighted by Gasteiger charge is 2.06. The molecular weight excluding hydrogens is 246 g/mol. The fourth-order valence-corrected chi connectivity index (χ4v) is 1.96. The lowest BCUT2D eigenvalue weighted by Gasteiger charge is -2.06. The molecule has 0 aliphatic carbocycles. The lowest BCUT2D eigenvalue weighted by Crippen LogP contribution is -2.26. The summed E-state index contributed by atoms with van der Waals surface area (Å²) in [4.78, 5) is 15.7. The van der Waals surface area contributed by atoms with Gasteiger partial charge in [-0.25, -0.2) is 5.84 Å². The summed E-state index contributed by atoms with van der Waals surface area (Å²) in [5.74, 6) is 5.35. The second-order valence-electron chi connectivity index (χ2n) is 4.00. The van der Waals surface area contributed by atoms with Gasteiger partial charge in [0.15, 0.2) is 0 Å². The number of hydrogen-bond acceptors (Lipinski definition) is 5. The number of nitrogens with zero attached hydrogens (tertiary/aromatic N) is 1. The Labute approximate surface area is 111 Å². The van der Waals surface area contributed by atoms with Crippen molar-refractivity contribution in [2.24, 2.45) is 5.84 Å². The number of nitrogens with two attached hydrogens (primary N) is 1. The van der Waals surface area contributed by atoms with Crippen LogP contribution in [0.15, 0.2) is 30.5 Å². The van der Waals surface area contributed by atoms with Gasteiger partial charge in [-0.05, 0) is 31.2 Å². The molecule has 0 fully saturated rings. The zero-order valence-corrected chi connectivity index (χ0v) is 10.8. The van der Waals surface area contributed by atoms with Crippen molar-refractivity contribution >= 4 is 16.9 Å². The number of carbonyl (C=O) groups is 1. The molecule has 2 rings (SSSR count). The van der Waals surface area contributed by atoms with Crippen LogP contribution in [0.2, 0.25) is 0 Å². The third-order valence-corrected chi connectivity index (χ3v) is 2.78. The van der Waals surface area contributed by atoms with Crippen molar-refractivity contribution in [3.63, 3.8) is 0 Å². The zero-order valence-electron chi connectivity index (χ0n) is 10.8. The number of aromatic nitrogens is 1. The second-order valence-corrected chi connectivity index (χ2v) is 4.00. The van der Waals surface area contributed by atoms with E-state index in [0.29, 0.717) is 13.2 Å². The van der Waals surface area contributed by atoms with E-state index in [-0.39, 0.29) is 6.42 Å². The molecule has 0 spiro atoms. The van der Waals surface area contributed by atoms with Crippen molar-refractivity contribution in [1.29, 1.82) is 0 Å². The van der Waals surface area contributed by atoms with Crippen LogP contribution >= 0.6 is 0 Å². The van der Waals surface area contributed by atoms with Crippen LogP contribution in [-0.2, 0) is 16.2 Å². The molecule has 1 aromatic carbocycles. The molecule has 3 N–H and O–H groups in total. The van der Waals surface area contributed by atoms with Crippen molar-refractivity contribution < 1.29 is 14.4 Å². The van der Waals surface area contributed by atoms with E-state index in [1.54, 1.807) is 0 Å². The van der Waals surface area contributed by atoms with Gasteiger partial charge in [-0.2, -0.15) is 0 Å². The molecule has 1 aromatic heterocycles. The maximum absolute atomic E-state index is 11.2. The summed E-state index contributed by atoms with van der Waals surface area (Å²) in [7, 11) is 0. The van der Waals surface area contributed by atoms with Gasteiger partial charge in [-0.1, -0.05) is 5.59 Å². The minimum absolute atomic E-state index is 0.251.